The largest absolute Gasteiger partial charge is 0.491 e. The van der Waals surface area contributed by atoms with Crippen LogP contribution in [0.25, 0.3) is 0 Å². The van der Waals surface area contributed by atoms with Gasteiger partial charge in [-0.1, -0.05) is 25.3 Å². The standard InChI is InChI=1S/C13H19NO/c1-10-5-6-12(14)13(9-10)15-8-7-11-3-2-4-11/h5-6,9,11H,2-4,7-8,14H2,1H3. The lowest BCUT2D eigenvalue weighted by atomic mass is 9.83. The number of aryl methyl sites for hydroxylation is 1. The first-order valence-corrected chi connectivity index (χ1v) is 5.74. The molecule has 0 atom stereocenters. The molecule has 0 heterocycles. The molecule has 0 aliphatic heterocycles. The third-order valence-electron chi connectivity index (χ3n) is 3.18. The molecule has 0 unspecified atom stereocenters. The fraction of sp³-hybridized carbons (Fsp3) is 0.538. The Bertz CT molecular complexity index is 331. The van der Waals surface area contributed by atoms with Gasteiger partial charge in [-0.3, -0.25) is 0 Å². The molecule has 0 saturated heterocycles. The first-order chi connectivity index (χ1) is 7.25. The summed E-state index contributed by atoms with van der Waals surface area (Å²) < 4.78 is 5.70. The second-order valence-corrected chi connectivity index (χ2v) is 4.48. The predicted octanol–water partition coefficient (Wildman–Crippen LogP) is 3.15. The number of hydrogen-bond acceptors (Lipinski definition) is 2. The summed E-state index contributed by atoms with van der Waals surface area (Å²) in [5.74, 6) is 1.74. The lowest BCUT2D eigenvalue weighted by Crippen LogP contribution is -2.14. The van der Waals surface area contributed by atoms with Crippen molar-refractivity contribution in [3.05, 3.63) is 23.8 Å². The van der Waals surface area contributed by atoms with Crippen LogP contribution >= 0.6 is 0 Å². The highest BCUT2D eigenvalue weighted by atomic mass is 16.5. The van der Waals surface area contributed by atoms with Gasteiger partial charge in [0.05, 0.1) is 12.3 Å². The van der Waals surface area contributed by atoms with Crippen LogP contribution in [0.4, 0.5) is 5.69 Å². The first-order valence-electron chi connectivity index (χ1n) is 5.74. The van der Waals surface area contributed by atoms with E-state index in [-0.39, 0.29) is 0 Å². The van der Waals surface area contributed by atoms with Gasteiger partial charge in [0.15, 0.2) is 0 Å². The van der Waals surface area contributed by atoms with Gasteiger partial charge in [0.2, 0.25) is 0 Å². The number of benzene rings is 1. The molecule has 1 aliphatic carbocycles. The van der Waals surface area contributed by atoms with Crippen molar-refractivity contribution in [2.75, 3.05) is 12.3 Å². The first kappa shape index (κ1) is 10.3. The molecule has 0 amide bonds. The van der Waals surface area contributed by atoms with Crippen LogP contribution in [0.1, 0.15) is 31.2 Å². The Morgan fingerprint density at radius 1 is 1.40 bits per heavy atom. The molecule has 2 N–H and O–H groups in total. The highest BCUT2D eigenvalue weighted by Crippen LogP contribution is 2.30. The number of rotatable bonds is 4. The SMILES string of the molecule is Cc1ccc(N)c(OCCC2CCC2)c1. The van der Waals surface area contributed by atoms with Crippen LogP contribution in [0.5, 0.6) is 5.75 Å². The van der Waals surface area contributed by atoms with E-state index in [1.807, 2.05) is 18.2 Å². The third-order valence-corrected chi connectivity index (χ3v) is 3.18. The van der Waals surface area contributed by atoms with E-state index >= 15 is 0 Å². The van der Waals surface area contributed by atoms with Gasteiger partial charge >= 0.3 is 0 Å². The molecule has 0 aromatic heterocycles. The molecule has 2 heteroatoms. The summed E-state index contributed by atoms with van der Waals surface area (Å²) in [4.78, 5) is 0. The van der Waals surface area contributed by atoms with Crippen LogP contribution in [0.3, 0.4) is 0 Å². The number of hydrogen-bond donors (Lipinski definition) is 1. The molecule has 1 aromatic carbocycles. The van der Waals surface area contributed by atoms with Crippen molar-refractivity contribution in [2.45, 2.75) is 32.6 Å². The summed E-state index contributed by atoms with van der Waals surface area (Å²) in [6, 6.07) is 5.93. The topological polar surface area (TPSA) is 35.2 Å². The van der Waals surface area contributed by atoms with E-state index in [4.69, 9.17) is 10.5 Å². The van der Waals surface area contributed by atoms with Gasteiger partial charge in [0.1, 0.15) is 5.75 Å². The molecular weight excluding hydrogens is 186 g/mol. The van der Waals surface area contributed by atoms with Gasteiger partial charge in [0.25, 0.3) is 0 Å². The van der Waals surface area contributed by atoms with E-state index in [2.05, 4.69) is 6.92 Å². The Hall–Kier alpha value is -1.18. The summed E-state index contributed by atoms with van der Waals surface area (Å²) >= 11 is 0. The average Bonchev–Trinajstić information content (AvgIpc) is 2.15. The Labute approximate surface area is 91.4 Å². The van der Waals surface area contributed by atoms with E-state index in [1.165, 1.54) is 31.2 Å². The molecule has 0 spiro atoms. The van der Waals surface area contributed by atoms with Crippen LogP contribution in [-0.4, -0.2) is 6.61 Å². The molecule has 1 aliphatic rings. The molecular formula is C13H19NO. The van der Waals surface area contributed by atoms with Crippen LogP contribution in [0.15, 0.2) is 18.2 Å². The van der Waals surface area contributed by atoms with Crippen molar-refractivity contribution in [2.24, 2.45) is 5.92 Å². The maximum atomic E-state index is 5.83. The molecule has 0 bridgehead atoms. The molecule has 2 rings (SSSR count). The zero-order chi connectivity index (χ0) is 10.7. The smallest absolute Gasteiger partial charge is 0.142 e. The third kappa shape index (κ3) is 2.65. The Kier molecular flexibility index (Phi) is 3.14. The Morgan fingerprint density at radius 3 is 2.87 bits per heavy atom. The van der Waals surface area contributed by atoms with Gasteiger partial charge < -0.3 is 10.5 Å². The van der Waals surface area contributed by atoms with Crippen LogP contribution in [0, 0.1) is 12.8 Å². The minimum Gasteiger partial charge on any atom is -0.491 e. The van der Waals surface area contributed by atoms with Gasteiger partial charge in [-0.2, -0.15) is 0 Å². The van der Waals surface area contributed by atoms with Gasteiger partial charge in [-0.15, -0.1) is 0 Å². The molecule has 1 fully saturated rings. The fourth-order valence-electron chi connectivity index (χ4n) is 1.88. The summed E-state index contributed by atoms with van der Waals surface area (Å²) in [6.07, 6.45) is 5.34. The van der Waals surface area contributed by atoms with Crippen molar-refractivity contribution in [3.63, 3.8) is 0 Å². The normalized spacial score (nSPS) is 16.1. The second kappa shape index (κ2) is 4.56. The summed E-state index contributed by atoms with van der Waals surface area (Å²) in [5.41, 5.74) is 7.77. The highest BCUT2D eigenvalue weighted by molar-refractivity contribution is 5.53. The van der Waals surface area contributed by atoms with Crippen LogP contribution in [-0.2, 0) is 0 Å². The zero-order valence-corrected chi connectivity index (χ0v) is 9.33. The maximum absolute atomic E-state index is 5.83. The van der Waals surface area contributed by atoms with E-state index in [1.54, 1.807) is 0 Å². The van der Waals surface area contributed by atoms with Crippen molar-refractivity contribution in [3.8, 4) is 5.75 Å². The number of anilines is 1. The molecule has 82 valence electrons. The van der Waals surface area contributed by atoms with Crippen LogP contribution < -0.4 is 10.5 Å². The predicted molar refractivity (Wildman–Crippen MR) is 63.0 cm³/mol. The van der Waals surface area contributed by atoms with Crippen molar-refractivity contribution >= 4 is 5.69 Å². The van der Waals surface area contributed by atoms with Crippen molar-refractivity contribution in [1.82, 2.24) is 0 Å². The Balaban J connectivity index is 1.83. The van der Waals surface area contributed by atoms with E-state index < -0.39 is 0 Å². The quantitative estimate of drug-likeness (QED) is 0.766. The molecule has 15 heavy (non-hydrogen) atoms. The molecule has 1 aromatic rings. The van der Waals surface area contributed by atoms with Gasteiger partial charge in [-0.25, -0.2) is 0 Å². The van der Waals surface area contributed by atoms with E-state index in [0.717, 1.165) is 24.0 Å². The highest BCUT2D eigenvalue weighted by Gasteiger charge is 2.16. The molecule has 2 nitrogen and oxygen atoms in total. The van der Waals surface area contributed by atoms with E-state index in [9.17, 15) is 0 Å². The number of nitrogens with two attached hydrogens (primary N) is 1. The number of ether oxygens (including phenoxy) is 1. The summed E-state index contributed by atoms with van der Waals surface area (Å²) in [5, 5.41) is 0. The second-order valence-electron chi connectivity index (χ2n) is 4.48. The van der Waals surface area contributed by atoms with Crippen molar-refractivity contribution < 1.29 is 4.74 Å². The van der Waals surface area contributed by atoms with E-state index in [0.29, 0.717) is 0 Å². The summed E-state index contributed by atoms with van der Waals surface area (Å²) in [6.45, 7) is 2.86. The fourth-order valence-corrected chi connectivity index (χ4v) is 1.88. The van der Waals surface area contributed by atoms with Gasteiger partial charge in [-0.05, 0) is 37.0 Å². The van der Waals surface area contributed by atoms with Gasteiger partial charge in [0, 0.05) is 0 Å². The number of nitrogen functional groups attached to an aromatic ring is 1. The maximum Gasteiger partial charge on any atom is 0.142 e. The van der Waals surface area contributed by atoms with Crippen LogP contribution in [0.2, 0.25) is 0 Å². The summed E-state index contributed by atoms with van der Waals surface area (Å²) in [7, 11) is 0. The monoisotopic (exact) mass is 205 g/mol. The minimum atomic E-state index is 0.745. The molecule has 0 radical (unpaired) electrons. The minimum absolute atomic E-state index is 0.745. The van der Waals surface area contributed by atoms with Crippen molar-refractivity contribution in [1.29, 1.82) is 0 Å². The molecule has 1 saturated carbocycles. The lowest BCUT2D eigenvalue weighted by molar-refractivity contribution is 0.222. The lowest BCUT2D eigenvalue weighted by Gasteiger charge is -2.25. The zero-order valence-electron chi connectivity index (χ0n) is 9.33. The Morgan fingerprint density at radius 2 is 2.20 bits per heavy atom. The average molecular weight is 205 g/mol.